The minimum absolute atomic E-state index is 0.0144. The predicted octanol–water partition coefficient (Wildman–Crippen LogP) is 2.30. The molecule has 1 aliphatic carbocycles. The van der Waals surface area contributed by atoms with Gasteiger partial charge in [-0.05, 0) is 38.0 Å². The summed E-state index contributed by atoms with van der Waals surface area (Å²) in [4.78, 5) is 19.6. The highest BCUT2D eigenvalue weighted by molar-refractivity contribution is 5.97. The van der Waals surface area contributed by atoms with Gasteiger partial charge in [-0.3, -0.25) is 9.69 Å². The zero-order valence-corrected chi connectivity index (χ0v) is 15.4. The van der Waals surface area contributed by atoms with Crippen LogP contribution in [-0.2, 0) is 13.1 Å². The lowest BCUT2D eigenvalue weighted by Crippen LogP contribution is -2.37. The number of hydrogen-bond acceptors (Lipinski definition) is 4. The molecule has 1 aliphatic heterocycles. The summed E-state index contributed by atoms with van der Waals surface area (Å²) >= 11 is 0. The molecule has 1 atom stereocenters. The van der Waals surface area contributed by atoms with Crippen LogP contribution >= 0.6 is 0 Å². The summed E-state index contributed by atoms with van der Waals surface area (Å²) in [5.41, 5.74) is 2.67. The fourth-order valence-electron chi connectivity index (χ4n) is 4.26. The molecular formula is C20H28N4O2. The van der Waals surface area contributed by atoms with Crippen molar-refractivity contribution in [2.24, 2.45) is 0 Å². The topological polar surface area (TPSA) is 70.4 Å². The van der Waals surface area contributed by atoms with E-state index in [4.69, 9.17) is 4.98 Å². The number of aliphatic hydroxyl groups is 1. The number of nitrogens with zero attached hydrogens (tertiary/aromatic N) is 3. The number of nitrogens with one attached hydrogen (secondary N) is 1. The quantitative estimate of drug-likeness (QED) is 0.882. The van der Waals surface area contributed by atoms with Gasteiger partial charge in [-0.15, -0.1) is 0 Å². The normalized spacial score (nSPS) is 20.1. The molecule has 0 radical (unpaired) electrons. The van der Waals surface area contributed by atoms with Crippen LogP contribution in [0.3, 0.4) is 0 Å². The zero-order chi connectivity index (χ0) is 18.1. The fraction of sp³-hybridized carbons (Fsp3) is 0.600. The number of imidazole rings is 1. The molecule has 0 bridgehead atoms. The first-order valence-corrected chi connectivity index (χ1v) is 9.80. The standard InChI is InChI=1S/C20H28N4O2/c1-14(25)12-23-9-10-24-18-8-7-15(11-17(18)22-19(24)13-23)20(26)21-16-5-3-2-4-6-16/h7-8,11,14,16,25H,2-6,9-10,12-13H2,1H3,(H,21,26). The molecule has 0 spiro atoms. The number of carbonyl (C=O) groups is 1. The van der Waals surface area contributed by atoms with E-state index in [1.807, 2.05) is 25.1 Å². The highest BCUT2D eigenvalue weighted by atomic mass is 16.3. The minimum atomic E-state index is -0.332. The molecule has 1 amide bonds. The molecule has 26 heavy (non-hydrogen) atoms. The third kappa shape index (κ3) is 3.62. The Labute approximate surface area is 154 Å². The largest absolute Gasteiger partial charge is 0.392 e. The Morgan fingerprint density at radius 1 is 1.31 bits per heavy atom. The third-order valence-corrected chi connectivity index (χ3v) is 5.56. The maximum Gasteiger partial charge on any atom is 0.251 e. The molecule has 2 N–H and O–H groups in total. The van der Waals surface area contributed by atoms with Gasteiger partial charge in [0, 0.05) is 31.2 Å². The van der Waals surface area contributed by atoms with Gasteiger partial charge in [-0.25, -0.2) is 4.98 Å². The van der Waals surface area contributed by atoms with Crippen molar-refractivity contribution in [3.05, 3.63) is 29.6 Å². The molecule has 6 heteroatoms. The van der Waals surface area contributed by atoms with Crippen LogP contribution in [0.4, 0.5) is 0 Å². The number of fused-ring (bicyclic) bond motifs is 3. The Morgan fingerprint density at radius 2 is 2.12 bits per heavy atom. The van der Waals surface area contributed by atoms with E-state index in [2.05, 4.69) is 14.8 Å². The lowest BCUT2D eigenvalue weighted by molar-refractivity contribution is 0.0927. The molecule has 6 nitrogen and oxygen atoms in total. The molecule has 2 aliphatic rings. The number of aliphatic hydroxyl groups excluding tert-OH is 1. The van der Waals surface area contributed by atoms with Crippen molar-refractivity contribution < 1.29 is 9.90 Å². The molecule has 0 saturated heterocycles. The molecule has 4 rings (SSSR count). The van der Waals surface area contributed by atoms with Gasteiger partial charge in [0.2, 0.25) is 0 Å². The summed E-state index contributed by atoms with van der Waals surface area (Å²) in [7, 11) is 0. The maximum absolute atomic E-state index is 12.6. The summed E-state index contributed by atoms with van der Waals surface area (Å²) in [6, 6.07) is 6.16. The first-order chi connectivity index (χ1) is 12.6. The highest BCUT2D eigenvalue weighted by Crippen LogP contribution is 2.23. The van der Waals surface area contributed by atoms with Crippen LogP contribution in [0.2, 0.25) is 0 Å². The molecule has 1 unspecified atom stereocenters. The molecule has 2 aromatic rings. The average Bonchev–Trinajstić information content (AvgIpc) is 2.98. The number of β-amino-alcohol motifs (C(OH)–C–C–N with tert-alkyl or cyclic N) is 1. The number of hydrogen-bond donors (Lipinski definition) is 2. The van der Waals surface area contributed by atoms with E-state index >= 15 is 0 Å². The number of aromatic nitrogens is 2. The number of carbonyl (C=O) groups excluding carboxylic acids is 1. The molecule has 2 heterocycles. The van der Waals surface area contributed by atoms with Crippen molar-refractivity contribution in [2.45, 2.75) is 64.3 Å². The second kappa shape index (κ2) is 7.37. The molecule has 1 aromatic heterocycles. The Bertz CT molecular complexity index is 792. The van der Waals surface area contributed by atoms with Gasteiger partial charge >= 0.3 is 0 Å². The summed E-state index contributed by atoms with van der Waals surface area (Å²) in [5.74, 6) is 1.03. The van der Waals surface area contributed by atoms with Crippen LogP contribution in [0.15, 0.2) is 18.2 Å². The average molecular weight is 356 g/mol. The first-order valence-electron chi connectivity index (χ1n) is 9.80. The van der Waals surface area contributed by atoms with Crippen LogP contribution < -0.4 is 5.32 Å². The van der Waals surface area contributed by atoms with Gasteiger partial charge in [0.25, 0.3) is 5.91 Å². The van der Waals surface area contributed by atoms with E-state index < -0.39 is 0 Å². The second-order valence-electron chi connectivity index (χ2n) is 7.78. The van der Waals surface area contributed by atoms with Crippen LogP contribution in [0, 0.1) is 0 Å². The second-order valence-corrected chi connectivity index (χ2v) is 7.78. The molecule has 1 saturated carbocycles. The monoisotopic (exact) mass is 356 g/mol. The van der Waals surface area contributed by atoms with Gasteiger partial charge in [-0.1, -0.05) is 19.3 Å². The van der Waals surface area contributed by atoms with Crippen LogP contribution in [0.25, 0.3) is 11.0 Å². The van der Waals surface area contributed by atoms with E-state index in [1.54, 1.807) is 0 Å². The summed E-state index contributed by atoms with van der Waals surface area (Å²) in [6.07, 6.45) is 5.55. The summed E-state index contributed by atoms with van der Waals surface area (Å²) in [6.45, 7) is 5.00. The Morgan fingerprint density at radius 3 is 2.88 bits per heavy atom. The van der Waals surface area contributed by atoms with E-state index in [9.17, 15) is 9.90 Å². The van der Waals surface area contributed by atoms with E-state index in [-0.39, 0.29) is 12.0 Å². The lowest BCUT2D eigenvalue weighted by Gasteiger charge is -2.28. The summed E-state index contributed by atoms with van der Waals surface area (Å²) in [5, 5.41) is 12.8. The van der Waals surface area contributed by atoms with Gasteiger partial charge < -0.3 is 15.0 Å². The number of amides is 1. The highest BCUT2D eigenvalue weighted by Gasteiger charge is 2.22. The van der Waals surface area contributed by atoms with Gasteiger partial charge in [-0.2, -0.15) is 0 Å². The smallest absolute Gasteiger partial charge is 0.251 e. The minimum Gasteiger partial charge on any atom is -0.392 e. The Kier molecular flexibility index (Phi) is 4.96. The van der Waals surface area contributed by atoms with Crippen LogP contribution in [0.5, 0.6) is 0 Å². The fourth-order valence-corrected chi connectivity index (χ4v) is 4.26. The predicted molar refractivity (Wildman–Crippen MR) is 101 cm³/mol. The maximum atomic E-state index is 12.6. The first kappa shape index (κ1) is 17.5. The zero-order valence-electron chi connectivity index (χ0n) is 15.4. The molecule has 140 valence electrons. The van der Waals surface area contributed by atoms with E-state index in [1.165, 1.54) is 19.3 Å². The molecule has 1 aromatic carbocycles. The van der Waals surface area contributed by atoms with Crippen molar-refractivity contribution in [3.8, 4) is 0 Å². The van der Waals surface area contributed by atoms with Crippen molar-refractivity contribution in [2.75, 3.05) is 13.1 Å². The van der Waals surface area contributed by atoms with E-state index in [0.29, 0.717) is 18.2 Å². The van der Waals surface area contributed by atoms with Gasteiger partial charge in [0.15, 0.2) is 0 Å². The van der Waals surface area contributed by atoms with Gasteiger partial charge in [0.1, 0.15) is 5.82 Å². The van der Waals surface area contributed by atoms with Crippen molar-refractivity contribution in [1.82, 2.24) is 19.8 Å². The Balaban J connectivity index is 1.52. The van der Waals surface area contributed by atoms with Crippen LogP contribution in [-0.4, -0.2) is 50.7 Å². The van der Waals surface area contributed by atoms with Gasteiger partial charge in [0.05, 0.1) is 23.7 Å². The number of benzene rings is 1. The van der Waals surface area contributed by atoms with Crippen LogP contribution in [0.1, 0.15) is 55.2 Å². The summed E-state index contributed by atoms with van der Waals surface area (Å²) < 4.78 is 2.23. The molecule has 1 fully saturated rings. The van der Waals surface area contributed by atoms with Crippen molar-refractivity contribution >= 4 is 16.9 Å². The third-order valence-electron chi connectivity index (χ3n) is 5.56. The number of rotatable bonds is 4. The lowest BCUT2D eigenvalue weighted by atomic mass is 9.95. The van der Waals surface area contributed by atoms with Crippen molar-refractivity contribution in [1.29, 1.82) is 0 Å². The Hall–Kier alpha value is -1.92. The molecular weight excluding hydrogens is 328 g/mol. The SMILES string of the molecule is CC(O)CN1CCn2c(nc3cc(C(=O)NC4CCCCC4)ccc32)C1. The van der Waals surface area contributed by atoms with Crippen molar-refractivity contribution in [3.63, 3.8) is 0 Å². The van der Waals surface area contributed by atoms with E-state index in [0.717, 1.165) is 49.3 Å².